The number of anilines is 1. The highest BCUT2D eigenvalue weighted by atomic mass is 35.5. The van der Waals surface area contributed by atoms with Gasteiger partial charge in [0.25, 0.3) is 0 Å². The van der Waals surface area contributed by atoms with Crippen molar-refractivity contribution in [3.05, 3.63) is 29.8 Å². The molecule has 122 valence electrons. The van der Waals surface area contributed by atoms with Gasteiger partial charge in [0, 0.05) is 11.4 Å². The van der Waals surface area contributed by atoms with Crippen molar-refractivity contribution in [2.75, 3.05) is 23.9 Å². The Bertz CT molecular complexity index is 652. The topological polar surface area (TPSA) is 89.5 Å². The number of sulfone groups is 1. The van der Waals surface area contributed by atoms with Gasteiger partial charge in [0.1, 0.15) is 4.87 Å². The molecular formula is C14H18ClNO5S. The second-order valence-electron chi connectivity index (χ2n) is 4.90. The molecule has 0 saturated heterocycles. The maximum absolute atomic E-state index is 12.1. The summed E-state index contributed by atoms with van der Waals surface area (Å²) in [5, 5.41) is 2.53. The number of alkyl halides is 1. The van der Waals surface area contributed by atoms with Gasteiger partial charge >= 0.3 is 5.97 Å². The molecule has 1 aromatic carbocycles. The standard InChI is InChI=1S/C14H18ClNO5S/c1-4-22(19,20)9-14(2,15)13(18)16-11-7-5-10(6-8-11)12(17)21-3/h5-8H,4,9H2,1-3H3,(H,16,18). The quantitative estimate of drug-likeness (QED) is 0.626. The van der Waals surface area contributed by atoms with Crippen LogP contribution in [0.3, 0.4) is 0 Å². The Morgan fingerprint density at radius 1 is 1.27 bits per heavy atom. The van der Waals surface area contributed by atoms with Crippen LogP contribution in [-0.4, -0.2) is 43.8 Å². The Balaban J connectivity index is 2.81. The average Bonchev–Trinajstić information content (AvgIpc) is 2.46. The molecular weight excluding hydrogens is 330 g/mol. The molecule has 0 aliphatic heterocycles. The second kappa shape index (κ2) is 7.11. The summed E-state index contributed by atoms with van der Waals surface area (Å²) in [5.74, 6) is -1.66. The number of esters is 1. The van der Waals surface area contributed by atoms with Crippen LogP contribution >= 0.6 is 11.6 Å². The fourth-order valence-corrected chi connectivity index (χ4v) is 3.36. The highest BCUT2D eigenvalue weighted by molar-refractivity contribution is 7.91. The average molecular weight is 348 g/mol. The number of carbonyl (C=O) groups is 2. The molecule has 0 radical (unpaired) electrons. The third kappa shape index (κ3) is 4.99. The molecule has 0 bridgehead atoms. The van der Waals surface area contributed by atoms with Gasteiger partial charge in [-0.2, -0.15) is 0 Å². The van der Waals surface area contributed by atoms with E-state index in [2.05, 4.69) is 10.1 Å². The molecule has 8 heteroatoms. The fraction of sp³-hybridized carbons (Fsp3) is 0.429. The molecule has 1 N–H and O–H groups in total. The highest BCUT2D eigenvalue weighted by Gasteiger charge is 2.35. The highest BCUT2D eigenvalue weighted by Crippen LogP contribution is 2.21. The van der Waals surface area contributed by atoms with E-state index in [0.29, 0.717) is 11.3 Å². The number of benzene rings is 1. The first-order chi connectivity index (χ1) is 10.1. The van der Waals surface area contributed by atoms with E-state index >= 15 is 0 Å². The van der Waals surface area contributed by atoms with Crippen molar-refractivity contribution in [2.45, 2.75) is 18.7 Å². The van der Waals surface area contributed by atoms with Crippen LogP contribution in [-0.2, 0) is 19.4 Å². The van der Waals surface area contributed by atoms with E-state index in [-0.39, 0.29) is 5.75 Å². The van der Waals surface area contributed by atoms with E-state index < -0.39 is 32.3 Å². The van der Waals surface area contributed by atoms with Crippen LogP contribution < -0.4 is 5.32 Å². The zero-order valence-corrected chi connectivity index (χ0v) is 14.1. The van der Waals surface area contributed by atoms with Crippen LogP contribution in [0.4, 0.5) is 5.69 Å². The monoisotopic (exact) mass is 347 g/mol. The van der Waals surface area contributed by atoms with Crippen LogP contribution in [0.25, 0.3) is 0 Å². The van der Waals surface area contributed by atoms with E-state index in [9.17, 15) is 18.0 Å². The summed E-state index contributed by atoms with van der Waals surface area (Å²) >= 11 is 6.04. The predicted molar refractivity (Wildman–Crippen MR) is 85.0 cm³/mol. The van der Waals surface area contributed by atoms with E-state index in [4.69, 9.17) is 11.6 Å². The van der Waals surface area contributed by atoms with Gasteiger partial charge < -0.3 is 10.1 Å². The molecule has 6 nitrogen and oxygen atoms in total. The van der Waals surface area contributed by atoms with Gasteiger partial charge in [-0.1, -0.05) is 6.92 Å². The molecule has 1 unspecified atom stereocenters. The number of hydrogen-bond donors (Lipinski definition) is 1. The number of carbonyl (C=O) groups excluding carboxylic acids is 2. The first-order valence-electron chi connectivity index (χ1n) is 6.50. The van der Waals surface area contributed by atoms with Crippen molar-refractivity contribution >= 4 is 39.0 Å². The zero-order chi connectivity index (χ0) is 17.0. The molecule has 1 aromatic rings. The SMILES string of the molecule is CCS(=O)(=O)CC(C)(Cl)C(=O)Nc1ccc(C(=O)OC)cc1. The summed E-state index contributed by atoms with van der Waals surface area (Å²) in [5.41, 5.74) is 0.737. The number of nitrogens with one attached hydrogen (secondary N) is 1. The van der Waals surface area contributed by atoms with Crippen LogP contribution in [0.2, 0.25) is 0 Å². The summed E-state index contributed by atoms with van der Waals surface area (Å²) in [6.07, 6.45) is 0. The van der Waals surface area contributed by atoms with Crippen molar-refractivity contribution in [1.82, 2.24) is 0 Å². The lowest BCUT2D eigenvalue weighted by Gasteiger charge is -2.20. The lowest BCUT2D eigenvalue weighted by molar-refractivity contribution is -0.117. The third-order valence-electron chi connectivity index (χ3n) is 2.97. The maximum Gasteiger partial charge on any atom is 0.337 e. The summed E-state index contributed by atoms with van der Waals surface area (Å²) in [7, 11) is -2.12. The minimum absolute atomic E-state index is 0.0869. The van der Waals surface area contributed by atoms with Gasteiger partial charge in [-0.05, 0) is 31.2 Å². The zero-order valence-electron chi connectivity index (χ0n) is 12.6. The number of halogens is 1. The lowest BCUT2D eigenvalue weighted by Crippen LogP contribution is -2.41. The number of ether oxygens (including phenoxy) is 1. The third-order valence-corrected chi connectivity index (χ3v) is 5.33. The lowest BCUT2D eigenvalue weighted by atomic mass is 10.1. The van der Waals surface area contributed by atoms with Crippen LogP contribution in [0, 0.1) is 0 Å². The molecule has 0 fully saturated rings. The first kappa shape index (κ1) is 18.4. The van der Waals surface area contributed by atoms with Gasteiger partial charge in [-0.25, -0.2) is 13.2 Å². The number of amides is 1. The van der Waals surface area contributed by atoms with Gasteiger partial charge in [-0.15, -0.1) is 11.6 Å². The fourth-order valence-electron chi connectivity index (χ4n) is 1.65. The van der Waals surface area contributed by atoms with Crippen molar-refractivity contribution in [1.29, 1.82) is 0 Å². The Labute approximate surface area is 134 Å². The van der Waals surface area contributed by atoms with Gasteiger partial charge in [0.05, 0.1) is 18.4 Å². The normalized spacial score (nSPS) is 14.0. The molecule has 0 aliphatic rings. The summed E-state index contributed by atoms with van der Waals surface area (Å²) in [6, 6.07) is 5.97. The van der Waals surface area contributed by atoms with Crippen LogP contribution in [0.15, 0.2) is 24.3 Å². The maximum atomic E-state index is 12.1. The Kier molecular flexibility index (Phi) is 5.96. The predicted octanol–water partition coefficient (Wildman–Crippen LogP) is 1.84. The minimum Gasteiger partial charge on any atom is -0.465 e. The van der Waals surface area contributed by atoms with Crippen LogP contribution in [0.5, 0.6) is 0 Å². The molecule has 0 heterocycles. The van der Waals surface area contributed by atoms with Crippen LogP contribution in [0.1, 0.15) is 24.2 Å². The molecule has 1 rings (SSSR count). The second-order valence-corrected chi connectivity index (χ2v) is 8.08. The molecule has 0 saturated carbocycles. The smallest absolute Gasteiger partial charge is 0.337 e. The van der Waals surface area contributed by atoms with E-state index in [1.165, 1.54) is 45.2 Å². The summed E-state index contributed by atoms with van der Waals surface area (Å²) in [4.78, 5) is 21.8. The molecule has 22 heavy (non-hydrogen) atoms. The van der Waals surface area contributed by atoms with Crippen molar-refractivity contribution in [2.24, 2.45) is 0 Å². The largest absolute Gasteiger partial charge is 0.465 e. The van der Waals surface area contributed by atoms with Gasteiger partial charge in [-0.3, -0.25) is 4.79 Å². The molecule has 1 atom stereocenters. The van der Waals surface area contributed by atoms with E-state index in [1.54, 1.807) is 0 Å². The number of methoxy groups -OCH3 is 1. The molecule has 1 amide bonds. The number of rotatable bonds is 6. The molecule has 0 aliphatic carbocycles. The van der Waals surface area contributed by atoms with Crippen molar-refractivity contribution in [3.8, 4) is 0 Å². The molecule has 0 spiro atoms. The Hall–Kier alpha value is -1.60. The van der Waals surface area contributed by atoms with Crippen molar-refractivity contribution < 1.29 is 22.7 Å². The first-order valence-corrected chi connectivity index (χ1v) is 8.70. The van der Waals surface area contributed by atoms with Crippen molar-refractivity contribution in [3.63, 3.8) is 0 Å². The van der Waals surface area contributed by atoms with E-state index in [0.717, 1.165) is 0 Å². The minimum atomic E-state index is -3.39. The molecule has 0 aromatic heterocycles. The number of hydrogen-bond acceptors (Lipinski definition) is 5. The Morgan fingerprint density at radius 2 is 1.82 bits per heavy atom. The van der Waals surface area contributed by atoms with E-state index in [1.807, 2.05) is 0 Å². The summed E-state index contributed by atoms with van der Waals surface area (Å²) < 4.78 is 27.8. The Morgan fingerprint density at radius 3 is 2.27 bits per heavy atom. The summed E-state index contributed by atoms with van der Waals surface area (Å²) in [6.45, 7) is 2.84. The van der Waals surface area contributed by atoms with Gasteiger partial charge in [0.2, 0.25) is 5.91 Å². The van der Waals surface area contributed by atoms with Gasteiger partial charge in [0.15, 0.2) is 9.84 Å².